The summed E-state index contributed by atoms with van der Waals surface area (Å²) in [7, 11) is 0. The van der Waals surface area contributed by atoms with Gasteiger partial charge in [0.1, 0.15) is 0 Å². The molecule has 0 radical (unpaired) electrons. The molecule has 0 spiro atoms. The Morgan fingerprint density at radius 2 is 1.95 bits per heavy atom. The van der Waals surface area contributed by atoms with E-state index >= 15 is 0 Å². The van der Waals surface area contributed by atoms with Crippen molar-refractivity contribution in [2.24, 2.45) is 0 Å². The van der Waals surface area contributed by atoms with Crippen LogP contribution in [0, 0.1) is 0 Å². The van der Waals surface area contributed by atoms with Crippen LogP contribution in [0.5, 0.6) is 0 Å². The molecule has 0 unspecified atom stereocenters. The van der Waals surface area contributed by atoms with Crippen molar-refractivity contribution in [3.05, 3.63) is 48.0 Å². The normalized spacial score (nSPS) is 11.8. The zero-order valence-electron chi connectivity index (χ0n) is 13.6. The molecule has 1 rings (SSSR count). The van der Waals surface area contributed by atoms with Gasteiger partial charge in [-0.15, -0.1) is 6.58 Å². The largest absolute Gasteiger partial charge is 0.313 e. The van der Waals surface area contributed by atoms with E-state index in [1.165, 1.54) is 17.5 Å². The summed E-state index contributed by atoms with van der Waals surface area (Å²) < 4.78 is 0. The molecule has 0 aliphatic rings. The Kier molecular flexibility index (Phi) is 6.97. The molecular weight excluding hydrogens is 244 g/mol. The molecule has 20 heavy (non-hydrogen) atoms. The Morgan fingerprint density at radius 3 is 2.55 bits per heavy atom. The summed E-state index contributed by atoms with van der Waals surface area (Å²) in [6.07, 6.45) is 3.16. The van der Waals surface area contributed by atoms with Crippen molar-refractivity contribution in [2.45, 2.75) is 52.7 Å². The van der Waals surface area contributed by atoms with Gasteiger partial charge in [0, 0.05) is 25.2 Å². The van der Waals surface area contributed by atoms with Crippen LogP contribution in [-0.2, 0) is 13.1 Å². The second-order valence-corrected chi connectivity index (χ2v) is 6.34. The molecule has 0 atom stereocenters. The lowest BCUT2D eigenvalue weighted by Gasteiger charge is -2.35. The highest BCUT2D eigenvalue weighted by atomic mass is 15.2. The van der Waals surface area contributed by atoms with E-state index in [2.05, 4.69) is 68.8 Å². The maximum Gasteiger partial charge on any atom is 0.0242 e. The minimum Gasteiger partial charge on any atom is -0.313 e. The van der Waals surface area contributed by atoms with Gasteiger partial charge in [0.2, 0.25) is 0 Å². The van der Waals surface area contributed by atoms with Crippen LogP contribution in [0.3, 0.4) is 0 Å². The van der Waals surface area contributed by atoms with Gasteiger partial charge in [-0.3, -0.25) is 4.90 Å². The van der Waals surface area contributed by atoms with Crippen molar-refractivity contribution in [1.29, 1.82) is 0 Å². The van der Waals surface area contributed by atoms with Crippen molar-refractivity contribution in [2.75, 3.05) is 13.1 Å². The van der Waals surface area contributed by atoms with Crippen molar-refractivity contribution in [3.8, 4) is 0 Å². The molecule has 0 aromatic heterocycles. The van der Waals surface area contributed by atoms with Gasteiger partial charge in [0.25, 0.3) is 0 Å². The molecule has 112 valence electrons. The number of benzene rings is 1. The van der Waals surface area contributed by atoms with Gasteiger partial charge in [-0.1, -0.05) is 37.3 Å². The smallest absolute Gasteiger partial charge is 0.0242 e. The van der Waals surface area contributed by atoms with E-state index in [0.717, 1.165) is 26.2 Å². The monoisotopic (exact) mass is 274 g/mol. The van der Waals surface area contributed by atoms with Crippen LogP contribution >= 0.6 is 0 Å². The fraction of sp³-hybridized carbons (Fsp3) is 0.556. The average molecular weight is 274 g/mol. The van der Waals surface area contributed by atoms with Crippen LogP contribution in [0.4, 0.5) is 0 Å². The van der Waals surface area contributed by atoms with Crippen molar-refractivity contribution in [1.82, 2.24) is 10.2 Å². The van der Waals surface area contributed by atoms with E-state index in [1.54, 1.807) is 0 Å². The molecule has 1 aromatic rings. The van der Waals surface area contributed by atoms with Crippen LogP contribution in [-0.4, -0.2) is 23.5 Å². The van der Waals surface area contributed by atoms with Crippen molar-refractivity contribution in [3.63, 3.8) is 0 Å². The predicted octanol–water partition coefficient (Wildman–Crippen LogP) is 3.97. The van der Waals surface area contributed by atoms with Gasteiger partial charge in [-0.2, -0.15) is 0 Å². The topological polar surface area (TPSA) is 15.3 Å². The lowest BCUT2D eigenvalue weighted by molar-refractivity contribution is 0.145. The fourth-order valence-corrected chi connectivity index (χ4v) is 2.20. The number of rotatable bonds is 8. The molecule has 0 saturated carbocycles. The Morgan fingerprint density at radius 1 is 1.25 bits per heavy atom. The molecule has 0 amide bonds. The van der Waals surface area contributed by atoms with Crippen LogP contribution in [0.2, 0.25) is 0 Å². The Hall–Kier alpha value is -1.12. The Balaban J connectivity index is 2.70. The first-order valence-corrected chi connectivity index (χ1v) is 7.62. The summed E-state index contributed by atoms with van der Waals surface area (Å²) in [5, 5.41) is 3.46. The van der Waals surface area contributed by atoms with Crippen LogP contribution < -0.4 is 5.32 Å². The Labute approximate surface area is 124 Å². The van der Waals surface area contributed by atoms with E-state index in [1.807, 2.05) is 6.08 Å². The second-order valence-electron chi connectivity index (χ2n) is 6.34. The number of nitrogens with one attached hydrogen (secondary N) is 1. The molecule has 0 saturated heterocycles. The molecule has 1 N–H and O–H groups in total. The molecule has 2 nitrogen and oxygen atoms in total. The molecule has 2 heteroatoms. The summed E-state index contributed by atoms with van der Waals surface area (Å²) in [5.41, 5.74) is 2.89. The number of nitrogens with zero attached hydrogens (tertiary/aromatic N) is 1. The molecule has 0 aliphatic heterocycles. The summed E-state index contributed by atoms with van der Waals surface area (Å²) >= 11 is 0. The standard InChI is InChI=1S/C18H30N2/c1-6-11-19-14-16-9-8-10-17(13-16)15-20(12-7-2)18(3,4)5/h7-10,13,19H,2,6,11-12,14-15H2,1,3-5H3. The van der Waals surface area contributed by atoms with Gasteiger partial charge < -0.3 is 5.32 Å². The summed E-state index contributed by atoms with van der Waals surface area (Å²) in [6, 6.07) is 8.88. The molecule has 0 aliphatic carbocycles. The first-order valence-electron chi connectivity index (χ1n) is 7.62. The van der Waals surface area contributed by atoms with E-state index < -0.39 is 0 Å². The maximum absolute atomic E-state index is 3.87. The van der Waals surface area contributed by atoms with Crippen LogP contribution in [0.15, 0.2) is 36.9 Å². The van der Waals surface area contributed by atoms with Gasteiger partial charge in [-0.25, -0.2) is 0 Å². The second kappa shape index (κ2) is 8.23. The third-order valence-electron chi connectivity index (χ3n) is 3.42. The van der Waals surface area contributed by atoms with E-state index in [9.17, 15) is 0 Å². The zero-order valence-corrected chi connectivity index (χ0v) is 13.6. The number of hydrogen-bond acceptors (Lipinski definition) is 2. The molecular formula is C18H30N2. The van der Waals surface area contributed by atoms with E-state index in [4.69, 9.17) is 0 Å². The van der Waals surface area contributed by atoms with Crippen molar-refractivity contribution >= 4 is 0 Å². The molecule has 0 heterocycles. The maximum atomic E-state index is 3.87. The van der Waals surface area contributed by atoms with Crippen LogP contribution in [0.25, 0.3) is 0 Å². The lowest BCUT2D eigenvalue weighted by Crippen LogP contribution is -2.40. The van der Waals surface area contributed by atoms with Gasteiger partial charge in [-0.05, 0) is 44.9 Å². The third-order valence-corrected chi connectivity index (χ3v) is 3.42. The highest BCUT2D eigenvalue weighted by molar-refractivity contribution is 5.23. The minimum atomic E-state index is 0.157. The fourth-order valence-electron chi connectivity index (χ4n) is 2.20. The predicted molar refractivity (Wildman–Crippen MR) is 88.8 cm³/mol. The SMILES string of the molecule is C=CCN(Cc1cccc(CNCCC)c1)C(C)(C)C. The highest BCUT2D eigenvalue weighted by Gasteiger charge is 2.19. The highest BCUT2D eigenvalue weighted by Crippen LogP contribution is 2.17. The average Bonchev–Trinajstić information content (AvgIpc) is 2.38. The third kappa shape index (κ3) is 5.89. The van der Waals surface area contributed by atoms with E-state index in [0.29, 0.717) is 0 Å². The zero-order chi connectivity index (χ0) is 15.0. The van der Waals surface area contributed by atoms with Gasteiger partial charge in [0.05, 0.1) is 0 Å². The summed E-state index contributed by atoms with van der Waals surface area (Å²) in [4.78, 5) is 2.44. The first-order chi connectivity index (χ1) is 9.47. The quantitative estimate of drug-likeness (QED) is 0.570. The Bertz CT molecular complexity index is 404. The summed E-state index contributed by atoms with van der Waals surface area (Å²) in [5.74, 6) is 0. The molecule has 1 aromatic carbocycles. The first kappa shape index (κ1) is 16.9. The molecule has 0 fully saturated rings. The summed E-state index contributed by atoms with van der Waals surface area (Å²) in [6.45, 7) is 16.7. The van der Waals surface area contributed by atoms with E-state index in [-0.39, 0.29) is 5.54 Å². The van der Waals surface area contributed by atoms with Crippen LogP contribution in [0.1, 0.15) is 45.2 Å². The number of hydrogen-bond donors (Lipinski definition) is 1. The lowest BCUT2D eigenvalue weighted by atomic mass is 10.0. The molecule has 0 bridgehead atoms. The van der Waals surface area contributed by atoms with Crippen molar-refractivity contribution < 1.29 is 0 Å². The van der Waals surface area contributed by atoms with Gasteiger partial charge >= 0.3 is 0 Å². The van der Waals surface area contributed by atoms with Gasteiger partial charge in [0.15, 0.2) is 0 Å². The minimum absolute atomic E-state index is 0.157.